The molecule has 0 saturated carbocycles. The predicted molar refractivity (Wildman–Crippen MR) is 120 cm³/mol. The fourth-order valence-electron chi connectivity index (χ4n) is 3.16. The van der Waals surface area contributed by atoms with E-state index >= 15 is 0 Å². The molecular formula is C23H29NO2SSi. The van der Waals surface area contributed by atoms with Crippen LogP contribution in [-0.2, 0) is 10.0 Å². The van der Waals surface area contributed by atoms with Crippen LogP contribution in [0.3, 0.4) is 0 Å². The first-order chi connectivity index (χ1) is 13.3. The first-order valence-electron chi connectivity index (χ1n) is 9.76. The predicted octanol–water partition coefficient (Wildman–Crippen LogP) is 4.54. The van der Waals surface area contributed by atoms with E-state index in [4.69, 9.17) is 0 Å². The fraction of sp³-hybridized carbons (Fsp3) is 0.391. The summed E-state index contributed by atoms with van der Waals surface area (Å²) in [6, 6.07) is 10.4. The van der Waals surface area contributed by atoms with Gasteiger partial charge in [0, 0.05) is 18.7 Å². The Morgan fingerprint density at radius 1 is 1.11 bits per heavy atom. The van der Waals surface area contributed by atoms with Crippen molar-refractivity contribution in [1.29, 1.82) is 0 Å². The van der Waals surface area contributed by atoms with Crippen LogP contribution in [0.4, 0.5) is 0 Å². The summed E-state index contributed by atoms with van der Waals surface area (Å²) in [5.74, 6) is 8.97. The van der Waals surface area contributed by atoms with Crippen LogP contribution in [0.25, 0.3) is 0 Å². The Balaban J connectivity index is 2.06. The van der Waals surface area contributed by atoms with Crippen LogP contribution < -0.4 is 0 Å². The highest BCUT2D eigenvalue weighted by Crippen LogP contribution is 2.24. The summed E-state index contributed by atoms with van der Waals surface area (Å²) in [4.78, 5) is 0.315. The van der Waals surface area contributed by atoms with E-state index in [1.54, 1.807) is 12.1 Å². The lowest BCUT2D eigenvalue weighted by molar-refractivity contribution is 0.485. The number of rotatable bonds is 6. The largest absolute Gasteiger partial charge is 0.243 e. The molecule has 1 aliphatic heterocycles. The monoisotopic (exact) mass is 411 g/mol. The van der Waals surface area contributed by atoms with Gasteiger partial charge in [-0.05, 0) is 54.6 Å². The van der Waals surface area contributed by atoms with Crippen molar-refractivity contribution < 1.29 is 8.42 Å². The number of aryl methyl sites for hydroxylation is 1. The molecule has 148 valence electrons. The minimum absolute atomic E-state index is 0.300. The van der Waals surface area contributed by atoms with Crippen LogP contribution in [0.1, 0.15) is 26.3 Å². The van der Waals surface area contributed by atoms with Crippen LogP contribution in [-0.4, -0.2) is 33.9 Å². The SMILES string of the molecule is C=C(C#CC#C[Si](CC)(CC)CC)C1=CCN(S(=O)(=O)c2ccc(C)cc2)C1. The van der Waals surface area contributed by atoms with Crippen LogP contribution in [0.15, 0.2) is 53.0 Å². The van der Waals surface area contributed by atoms with E-state index < -0.39 is 18.1 Å². The Morgan fingerprint density at radius 3 is 2.29 bits per heavy atom. The zero-order chi connectivity index (χ0) is 20.8. The van der Waals surface area contributed by atoms with Gasteiger partial charge in [0.2, 0.25) is 10.0 Å². The molecule has 0 amide bonds. The third-order valence-electron chi connectivity index (χ3n) is 5.57. The van der Waals surface area contributed by atoms with E-state index in [-0.39, 0.29) is 0 Å². The molecular weight excluding hydrogens is 382 g/mol. The Kier molecular flexibility index (Phi) is 7.49. The molecule has 0 fully saturated rings. The van der Waals surface area contributed by atoms with Crippen molar-refractivity contribution in [3.05, 3.63) is 53.6 Å². The van der Waals surface area contributed by atoms with Gasteiger partial charge in [-0.3, -0.25) is 0 Å². The van der Waals surface area contributed by atoms with Crippen molar-refractivity contribution in [3.63, 3.8) is 0 Å². The lowest BCUT2D eigenvalue weighted by atomic mass is 10.1. The maximum Gasteiger partial charge on any atom is 0.243 e. The average molecular weight is 412 g/mol. The second-order valence-electron chi connectivity index (χ2n) is 7.16. The number of hydrogen-bond acceptors (Lipinski definition) is 2. The van der Waals surface area contributed by atoms with Gasteiger partial charge in [0.15, 0.2) is 0 Å². The number of nitrogens with zero attached hydrogens (tertiary/aromatic N) is 1. The van der Waals surface area contributed by atoms with E-state index in [2.05, 4.69) is 50.7 Å². The zero-order valence-corrected chi connectivity index (χ0v) is 19.1. The summed E-state index contributed by atoms with van der Waals surface area (Å²) in [6.45, 7) is 13.2. The van der Waals surface area contributed by atoms with Crippen molar-refractivity contribution in [1.82, 2.24) is 4.31 Å². The summed E-state index contributed by atoms with van der Waals surface area (Å²) in [5.41, 5.74) is 5.97. The summed E-state index contributed by atoms with van der Waals surface area (Å²) in [5, 5.41) is 0. The highest BCUT2D eigenvalue weighted by atomic mass is 32.2. The molecule has 0 saturated heterocycles. The Bertz CT molecular complexity index is 971. The molecule has 0 atom stereocenters. The molecule has 0 radical (unpaired) electrons. The highest BCUT2D eigenvalue weighted by molar-refractivity contribution is 7.89. The van der Waals surface area contributed by atoms with Gasteiger partial charge in [-0.1, -0.05) is 57.0 Å². The molecule has 0 aliphatic carbocycles. The lowest BCUT2D eigenvalue weighted by Gasteiger charge is -2.19. The van der Waals surface area contributed by atoms with Gasteiger partial charge in [0.25, 0.3) is 0 Å². The molecule has 3 nitrogen and oxygen atoms in total. The van der Waals surface area contributed by atoms with Crippen molar-refractivity contribution in [2.75, 3.05) is 13.1 Å². The van der Waals surface area contributed by atoms with Gasteiger partial charge in [-0.2, -0.15) is 4.31 Å². The number of hydrogen-bond donors (Lipinski definition) is 0. The average Bonchev–Trinajstić information content (AvgIpc) is 3.20. The Morgan fingerprint density at radius 2 is 1.71 bits per heavy atom. The molecule has 1 heterocycles. The summed E-state index contributed by atoms with van der Waals surface area (Å²) in [7, 11) is -5.00. The molecule has 28 heavy (non-hydrogen) atoms. The van der Waals surface area contributed by atoms with Gasteiger partial charge in [0.05, 0.1) is 4.90 Å². The smallest absolute Gasteiger partial charge is 0.207 e. The van der Waals surface area contributed by atoms with Crippen molar-refractivity contribution in [3.8, 4) is 23.3 Å². The molecule has 0 N–H and O–H groups in total. The van der Waals surface area contributed by atoms with Gasteiger partial charge >= 0.3 is 0 Å². The summed E-state index contributed by atoms with van der Waals surface area (Å²) >= 11 is 0. The molecule has 5 heteroatoms. The second-order valence-corrected chi connectivity index (χ2v) is 14.0. The van der Waals surface area contributed by atoms with E-state index in [1.165, 1.54) is 4.31 Å². The molecule has 1 aromatic rings. The molecule has 0 unspecified atom stereocenters. The summed E-state index contributed by atoms with van der Waals surface area (Å²) in [6.07, 6.45) is 1.89. The van der Waals surface area contributed by atoms with Gasteiger partial charge in [-0.15, -0.1) is 5.54 Å². The highest BCUT2D eigenvalue weighted by Gasteiger charge is 2.28. The topological polar surface area (TPSA) is 37.4 Å². The van der Waals surface area contributed by atoms with Crippen LogP contribution in [0.5, 0.6) is 0 Å². The van der Waals surface area contributed by atoms with E-state index in [0.717, 1.165) is 29.3 Å². The van der Waals surface area contributed by atoms with Crippen molar-refractivity contribution in [2.45, 2.75) is 50.7 Å². The fourth-order valence-corrected chi connectivity index (χ4v) is 6.87. The Labute approximate surface area is 171 Å². The summed E-state index contributed by atoms with van der Waals surface area (Å²) < 4.78 is 27.0. The van der Waals surface area contributed by atoms with Gasteiger partial charge in [0.1, 0.15) is 8.07 Å². The standard InChI is InChI=1S/C23H29NO2SSi/c1-6-28(7-2,8-3)18-10-9-11-21(5)22-16-17-24(19-22)27(25,26)23-14-12-20(4)13-15-23/h12-16H,5-8,17,19H2,1-4H3. The molecule has 0 bridgehead atoms. The van der Waals surface area contributed by atoms with Gasteiger partial charge < -0.3 is 0 Å². The minimum Gasteiger partial charge on any atom is -0.207 e. The zero-order valence-electron chi connectivity index (χ0n) is 17.3. The Hall–Kier alpha value is -2.05. The van der Waals surface area contributed by atoms with Crippen LogP contribution in [0.2, 0.25) is 18.1 Å². The molecule has 0 spiro atoms. The number of benzene rings is 1. The second kappa shape index (κ2) is 9.43. The van der Waals surface area contributed by atoms with Crippen LogP contribution >= 0.6 is 0 Å². The molecule has 0 aromatic heterocycles. The molecule has 1 aliphatic rings. The minimum atomic E-state index is -3.51. The van der Waals surface area contributed by atoms with Crippen LogP contribution in [0, 0.1) is 30.2 Å². The van der Waals surface area contributed by atoms with E-state index in [9.17, 15) is 8.42 Å². The third kappa shape index (κ3) is 5.05. The van der Waals surface area contributed by atoms with Crippen molar-refractivity contribution in [2.24, 2.45) is 0 Å². The number of sulfonamides is 1. The maximum absolute atomic E-state index is 12.8. The normalized spacial score (nSPS) is 14.5. The van der Waals surface area contributed by atoms with Crippen molar-refractivity contribution >= 4 is 18.1 Å². The van der Waals surface area contributed by atoms with Gasteiger partial charge in [-0.25, -0.2) is 8.42 Å². The molecule has 1 aromatic carbocycles. The first-order valence-corrected chi connectivity index (χ1v) is 13.8. The van der Waals surface area contributed by atoms with E-state index in [0.29, 0.717) is 23.6 Å². The molecule has 2 rings (SSSR count). The van der Waals surface area contributed by atoms with E-state index in [1.807, 2.05) is 25.1 Å². The quantitative estimate of drug-likeness (QED) is 0.509. The lowest BCUT2D eigenvalue weighted by Crippen LogP contribution is -2.29. The first kappa shape index (κ1) is 22.2. The maximum atomic E-state index is 12.8. The third-order valence-corrected chi connectivity index (χ3v) is 12.1.